The summed E-state index contributed by atoms with van der Waals surface area (Å²) < 4.78 is 4.80. The number of benzene rings is 1. The van der Waals surface area contributed by atoms with Crippen LogP contribution in [0.4, 0.5) is 0 Å². The van der Waals surface area contributed by atoms with E-state index in [1.54, 1.807) is 12.1 Å². The van der Waals surface area contributed by atoms with Crippen LogP contribution in [0.2, 0.25) is 0 Å². The Morgan fingerprint density at radius 3 is 2.38 bits per heavy atom. The summed E-state index contributed by atoms with van der Waals surface area (Å²) in [5, 5.41) is 8.81. The van der Waals surface area contributed by atoms with Crippen LogP contribution < -0.4 is 5.73 Å². The SMILES string of the molecule is C[C@@H](OC(=O)c1ccc(CO)cc1)C(N)=O. The summed E-state index contributed by atoms with van der Waals surface area (Å²) in [6.07, 6.45) is -0.954. The van der Waals surface area contributed by atoms with Crippen molar-refractivity contribution in [2.75, 3.05) is 0 Å². The maximum atomic E-state index is 11.5. The fraction of sp³-hybridized carbons (Fsp3) is 0.273. The number of rotatable bonds is 4. The molecule has 0 aromatic heterocycles. The fourth-order valence-corrected chi connectivity index (χ4v) is 1.03. The molecule has 1 aromatic carbocycles. The molecular weight excluding hydrogens is 210 g/mol. The Morgan fingerprint density at radius 1 is 1.38 bits per heavy atom. The van der Waals surface area contributed by atoms with Crippen molar-refractivity contribution in [3.8, 4) is 0 Å². The molecule has 0 saturated heterocycles. The quantitative estimate of drug-likeness (QED) is 0.714. The van der Waals surface area contributed by atoms with Crippen molar-refractivity contribution in [3.05, 3.63) is 35.4 Å². The van der Waals surface area contributed by atoms with Gasteiger partial charge < -0.3 is 15.6 Å². The van der Waals surface area contributed by atoms with Crippen LogP contribution in [0.5, 0.6) is 0 Å². The monoisotopic (exact) mass is 223 g/mol. The zero-order valence-corrected chi connectivity index (χ0v) is 8.84. The van der Waals surface area contributed by atoms with Crippen molar-refractivity contribution in [2.24, 2.45) is 5.73 Å². The van der Waals surface area contributed by atoms with Gasteiger partial charge in [0.1, 0.15) is 0 Å². The molecule has 0 aliphatic carbocycles. The molecular formula is C11H13NO4. The van der Waals surface area contributed by atoms with Crippen molar-refractivity contribution in [1.82, 2.24) is 0 Å². The lowest BCUT2D eigenvalue weighted by Gasteiger charge is -2.09. The Labute approximate surface area is 92.8 Å². The van der Waals surface area contributed by atoms with Gasteiger partial charge in [0.15, 0.2) is 6.10 Å². The zero-order valence-electron chi connectivity index (χ0n) is 8.84. The summed E-state index contributed by atoms with van der Waals surface area (Å²) in [5.74, 6) is -1.31. The largest absolute Gasteiger partial charge is 0.449 e. The molecule has 0 radical (unpaired) electrons. The minimum atomic E-state index is -0.954. The Morgan fingerprint density at radius 2 is 1.94 bits per heavy atom. The van der Waals surface area contributed by atoms with E-state index in [4.69, 9.17) is 15.6 Å². The van der Waals surface area contributed by atoms with E-state index >= 15 is 0 Å². The van der Waals surface area contributed by atoms with Crippen LogP contribution in [0.15, 0.2) is 24.3 Å². The van der Waals surface area contributed by atoms with E-state index in [2.05, 4.69) is 0 Å². The first-order chi connectivity index (χ1) is 7.54. The van der Waals surface area contributed by atoms with Crippen LogP contribution in [-0.2, 0) is 16.1 Å². The molecule has 1 aromatic rings. The number of carbonyl (C=O) groups is 2. The molecule has 1 amide bonds. The van der Waals surface area contributed by atoms with Crippen LogP contribution in [0.3, 0.4) is 0 Å². The summed E-state index contributed by atoms with van der Waals surface area (Å²) >= 11 is 0. The Bertz CT molecular complexity index is 385. The second-order valence-corrected chi connectivity index (χ2v) is 3.30. The number of aliphatic hydroxyl groups excluding tert-OH is 1. The zero-order chi connectivity index (χ0) is 12.1. The highest BCUT2D eigenvalue weighted by Gasteiger charge is 2.15. The minimum absolute atomic E-state index is 0.0903. The van der Waals surface area contributed by atoms with E-state index in [0.29, 0.717) is 11.1 Å². The second-order valence-electron chi connectivity index (χ2n) is 3.30. The van der Waals surface area contributed by atoms with Gasteiger partial charge in [-0.05, 0) is 24.6 Å². The maximum absolute atomic E-state index is 11.5. The number of amides is 1. The molecule has 16 heavy (non-hydrogen) atoms. The van der Waals surface area contributed by atoms with Gasteiger partial charge in [0, 0.05) is 0 Å². The first kappa shape index (κ1) is 12.2. The first-order valence-corrected chi connectivity index (χ1v) is 4.74. The highest BCUT2D eigenvalue weighted by Crippen LogP contribution is 2.07. The molecule has 0 fully saturated rings. The lowest BCUT2D eigenvalue weighted by molar-refractivity contribution is -0.125. The standard InChI is InChI=1S/C11H13NO4/c1-7(10(12)14)16-11(15)9-4-2-8(6-13)3-5-9/h2-5,7,13H,6H2,1H3,(H2,12,14)/t7-/m1/s1. The summed E-state index contributed by atoms with van der Waals surface area (Å²) in [7, 11) is 0. The third-order valence-corrected chi connectivity index (χ3v) is 2.06. The van der Waals surface area contributed by atoms with E-state index in [1.807, 2.05) is 0 Å². The molecule has 0 spiro atoms. The summed E-state index contributed by atoms with van der Waals surface area (Å²) in [4.78, 5) is 22.1. The number of carbonyl (C=O) groups excluding carboxylic acids is 2. The molecule has 86 valence electrons. The molecule has 0 unspecified atom stereocenters. The van der Waals surface area contributed by atoms with Crippen molar-refractivity contribution >= 4 is 11.9 Å². The number of hydrogen-bond acceptors (Lipinski definition) is 4. The van der Waals surface area contributed by atoms with Gasteiger partial charge in [-0.25, -0.2) is 4.79 Å². The number of aliphatic hydroxyl groups is 1. The Balaban J connectivity index is 2.69. The second kappa shape index (κ2) is 5.27. The van der Waals surface area contributed by atoms with Gasteiger partial charge in [0.25, 0.3) is 5.91 Å². The lowest BCUT2D eigenvalue weighted by atomic mass is 10.1. The third kappa shape index (κ3) is 3.06. The lowest BCUT2D eigenvalue weighted by Crippen LogP contribution is -2.30. The van der Waals surface area contributed by atoms with Gasteiger partial charge in [-0.15, -0.1) is 0 Å². The third-order valence-electron chi connectivity index (χ3n) is 2.06. The van der Waals surface area contributed by atoms with Crippen LogP contribution in [-0.4, -0.2) is 23.1 Å². The normalized spacial score (nSPS) is 11.9. The van der Waals surface area contributed by atoms with Gasteiger partial charge in [0.2, 0.25) is 0 Å². The van der Waals surface area contributed by atoms with Crippen molar-refractivity contribution in [1.29, 1.82) is 0 Å². The highest BCUT2D eigenvalue weighted by molar-refractivity contribution is 5.91. The number of primary amides is 1. The molecule has 5 nitrogen and oxygen atoms in total. The van der Waals surface area contributed by atoms with Gasteiger partial charge in [-0.1, -0.05) is 12.1 Å². The van der Waals surface area contributed by atoms with E-state index < -0.39 is 18.0 Å². The average Bonchev–Trinajstić information content (AvgIpc) is 2.28. The van der Waals surface area contributed by atoms with E-state index in [0.717, 1.165) is 0 Å². The highest BCUT2D eigenvalue weighted by atomic mass is 16.5. The van der Waals surface area contributed by atoms with Gasteiger partial charge in [-0.2, -0.15) is 0 Å². The smallest absolute Gasteiger partial charge is 0.338 e. The van der Waals surface area contributed by atoms with Crippen molar-refractivity contribution < 1.29 is 19.4 Å². The summed E-state index contributed by atoms with van der Waals surface area (Å²) in [6, 6.07) is 6.24. The first-order valence-electron chi connectivity index (χ1n) is 4.74. The summed E-state index contributed by atoms with van der Waals surface area (Å²) in [5.41, 5.74) is 5.96. The van der Waals surface area contributed by atoms with Crippen LogP contribution in [0.25, 0.3) is 0 Å². The van der Waals surface area contributed by atoms with Crippen molar-refractivity contribution in [3.63, 3.8) is 0 Å². The average molecular weight is 223 g/mol. The van der Waals surface area contributed by atoms with Crippen LogP contribution in [0.1, 0.15) is 22.8 Å². The molecule has 0 bridgehead atoms. The molecule has 0 aliphatic heterocycles. The Kier molecular flexibility index (Phi) is 4.02. The maximum Gasteiger partial charge on any atom is 0.338 e. The number of ether oxygens (including phenoxy) is 1. The van der Waals surface area contributed by atoms with Gasteiger partial charge >= 0.3 is 5.97 Å². The van der Waals surface area contributed by atoms with E-state index in [9.17, 15) is 9.59 Å². The fourth-order valence-electron chi connectivity index (χ4n) is 1.03. The van der Waals surface area contributed by atoms with E-state index in [1.165, 1.54) is 19.1 Å². The number of nitrogens with two attached hydrogens (primary N) is 1. The Hall–Kier alpha value is -1.88. The van der Waals surface area contributed by atoms with Crippen molar-refractivity contribution in [2.45, 2.75) is 19.6 Å². The van der Waals surface area contributed by atoms with Gasteiger partial charge in [0.05, 0.1) is 12.2 Å². The number of hydrogen-bond donors (Lipinski definition) is 2. The predicted molar refractivity (Wildman–Crippen MR) is 56.4 cm³/mol. The molecule has 1 rings (SSSR count). The molecule has 5 heteroatoms. The van der Waals surface area contributed by atoms with Crippen LogP contribution >= 0.6 is 0 Å². The van der Waals surface area contributed by atoms with Gasteiger partial charge in [-0.3, -0.25) is 4.79 Å². The predicted octanol–water partition coefficient (Wildman–Crippen LogP) is 0.209. The molecule has 3 N–H and O–H groups in total. The van der Waals surface area contributed by atoms with E-state index in [-0.39, 0.29) is 6.61 Å². The minimum Gasteiger partial charge on any atom is -0.449 e. The molecule has 0 heterocycles. The number of esters is 1. The van der Waals surface area contributed by atoms with Crippen LogP contribution in [0, 0.1) is 0 Å². The molecule has 1 atom stereocenters. The molecule has 0 aliphatic rings. The topological polar surface area (TPSA) is 89.6 Å². The molecule has 0 saturated carbocycles. The summed E-state index contributed by atoms with van der Waals surface area (Å²) in [6.45, 7) is 1.31.